The number of esters is 1. The van der Waals surface area contributed by atoms with E-state index < -0.39 is 0 Å². The Morgan fingerprint density at radius 1 is 1.47 bits per heavy atom. The molecule has 1 aliphatic rings. The minimum absolute atomic E-state index is 0.0785. The molecule has 0 amide bonds. The number of nitrogens with zero attached hydrogens (tertiary/aromatic N) is 1. The van der Waals surface area contributed by atoms with Gasteiger partial charge >= 0.3 is 5.97 Å². The average Bonchev–Trinajstić information content (AvgIpc) is 3.15. The van der Waals surface area contributed by atoms with Crippen molar-refractivity contribution in [2.24, 2.45) is 5.92 Å². The van der Waals surface area contributed by atoms with E-state index in [4.69, 9.17) is 9.47 Å². The van der Waals surface area contributed by atoms with Crippen LogP contribution in [0.3, 0.4) is 0 Å². The van der Waals surface area contributed by atoms with Crippen molar-refractivity contribution < 1.29 is 14.3 Å². The lowest BCUT2D eigenvalue weighted by molar-refractivity contribution is -0.135. The van der Waals surface area contributed by atoms with Gasteiger partial charge in [0.1, 0.15) is 0 Å². The second kappa shape index (κ2) is 5.17. The van der Waals surface area contributed by atoms with Crippen LogP contribution in [0, 0.1) is 5.92 Å². The molecule has 4 heteroatoms. The van der Waals surface area contributed by atoms with E-state index >= 15 is 0 Å². The Bertz CT molecular complexity index is 413. The first-order valence-electron chi connectivity index (χ1n) is 6.08. The van der Waals surface area contributed by atoms with Gasteiger partial charge in [-0.3, -0.25) is 4.79 Å². The second-order valence-corrected chi connectivity index (χ2v) is 4.13. The van der Waals surface area contributed by atoms with E-state index in [0.717, 1.165) is 24.8 Å². The molecule has 1 saturated carbocycles. The van der Waals surface area contributed by atoms with E-state index in [9.17, 15) is 4.79 Å². The third-order valence-electron chi connectivity index (χ3n) is 2.69. The summed E-state index contributed by atoms with van der Waals surface area (Å²) in [6.45, 7) is 4.41. The van der Waals surface area contributed by atoms with Crippen LogP contribution < -0.4 is 9.47 Å². The highest BCUT2D eigenvalue weighted by Crippen LogP contribution is 2.33. The molecule has 0 aromatic carbocycles. The molecule has 0 spiro atoms. The zero-order valence-electron chi connectivity index (χ0n) is 10.2. The molecule has 0 saturated heterocycles. The Morgan fingerprint density at radius 2 is 2.24 bits per heavy atom. The molecule has 1 aromatic heterocycles. The van der Waals surface area contributed by atoms with Crippen molar-refractivity contribution in [3.63, 3.8) is 0 Å². The summed E-state index contributed by atoms with van der Waals surface area (Å²) in [5.41, 5.74) is 1.03. The molecular formula is C13H17NO3. The van der Waals surface area contributed by atoms with E-state index in [1.165, 1.54) is 0 Å². The van der Waals surface area contributed by atoms with Gasteiger partial charge in [-0.25, -0.2) is 4.98 Å². The maximum absolute atomic E-state index is 11.6. The summed E-state index contributed by atoms with van der Waals surface area (Å²) in [6, 6.07) is 1.83. The van der Waals surface area contributed by atoms with Crippen LogP contribution in [0.1, 0.15) is 32.3 Å². The smallest absolute Gasteiger partial charge is 0.314 e. The average molecular weight is 235 g/mol. The number of pyridine rings is 1. The summed E-state index contributed by atoms with van der Waals surface area (Å²) >= 11 is 0. The quantitative estimate of drug-likeness (QED) is 0.735. The van der Waals surface area contributed by atoms with E-state index in [2.05, 4.69) is 4.98 Å². The highest BCUT2D eigenvalue weighted by molar-refractivity contribution is 5.77. The summed E-state index contributed by atoms with van der Waals surface area (Å²) in [5, 5.41) is 0. The number of rotatable bonds is 5. The molecule has 0 bridgehead atoms. The number of ether oxygens (including phenoxy) is 2. The largest absolute Gasteiger partial charge is 0.475 e. The molecule has 92 valence electrons. The van der Waals surface area contributed by atoms with Gasteiger partial charge in [-0.15, -0.1) is 0 Å². The topological polar surface area (TPSA) is 48.4 Å². The summed E-state index contributed by atoms with van der Waals surface area (Å²) < 4.78 is 10.7. The molecule has 4 nitrogen and oxygen atoms in total. The Balaban J connectivity index is 2.17. The Hall–Kier alpha value is -1.58. The molecule has 0 N–H and O–H groups in total. The zero-order valence-corrected chi connectivity index (χ0v) is 10.2. The minimum Gasteiger partial charge on any atom is -0.475 e. The van der Waals surface area contributed by atoms with Gasteiger partial charge in [0.2, 0.25) is 0 Å². The minimum atomic E-state index is -0.166. The number of carbonyl (C=O) groups excluding carboxylic acids is 1. The number of aromatic nitrogens is 1. The van der Waals surface area contributed by atoms with Crippen molar-refractivity contribution in [2.45, 2.75) is 33.1 Å². The van der Waals surface area contributed by atoms with E-state index in [1.54, 1.807) is 6.20 Å². The van der Waals surface area contributed by atoms with Gasteiger partial charge in [0, 0.05) is 6.20 Å². The molecule has 1 aliphatic carbocycles. The monoisotopic (exact) mass is 235 g/mol. The van der Waals surface area contributed by atoms with E-state index in [1.807, 2.05) is 19.9 Å². The van der Waals surface area contributed by atoms with Crippen LogP contribution >= 0.6 is 0 Å². The molecule has 1 fully saturated rings. The van der Waals surface area contributed by atoms with Crippen LogP contribution in [0.5, 0.6) is 11.6 Å². The number of carbonyl (C=O) groups is 1. The predicted octanol–water partition coefficient (Wildman–Crippen LogP) is 2.36. The third kappa shape index (κ3) is 2.96. The predicted molar refractivity (Wildman–Crippen MR) is 63.1 cm³/mol. The Labute approximate surface area is 101 Å². The van der Waals surface area contributed by atoms with Crippen molar-refractivity contribution in [1.82, 2.24) is 4.98 Å². The van der Waals surface area contributed by atoms with Crippen LogP contribution in [-0.2, 0) is 11.2 Å². The van der Waals surface area contributed by atoms with Crippen molar-refractivity contribution in [3.8, 4) is 11.6 Å². The van der Waals surface area contributed by atoms with Crippen molar-refractivity contribution in [1.29, 1.82) is 0 Å². The molecule has 17 heavy (non-hydrogen) atoms. The fourth-order valence-corrected chi connectivity index (χ4v) is 1.49. The molecule has 0 atom stereocenters. The van der Waals surface area contributed by atoms with E-state index in [-0.39, 0.29) is 11.9 Å². The fraction of sp³-hybridized carbons (Fsp3) is 0.538. The molecule has 0 unspecified atom stereocenters. The van der Waals surface area contributed by atoms with Gasteiger partial charge in [0.15, 0.2) is 5.75 Å². The first-order chi connectivity index (χ1) is 8.24. The Kier molecular flexibility index (Phi) is 3.61. The van der Waals surface area contributed by atoms with Crippen LogP contribution in [0.25, 0.3) is 0 Å². The second-order valence-electron chi connectivity index (χ2n) is 4.13. The Morgan fingerprint density at radius 3 is 2.82 bits per heavy atom. The summed E-state index contributed by atoms with van der Waals surface area (Å²) in [5.74, 6) is 0.762. The van der Waals surface area contributed by atoms with Crippen molar-refractivity contribution >= 4 is 5.97 Å². The number of aryl methyl sites for hydroxylation is 1. The third-order valence-corrected chi connectivity index (χ3v) is 2.69. The van der Waals surface area contributed by atoms with Gasteiger partial charge in [-0.05, 0) is 37.8 Å². The number of hydrogen-bond acceptors (Lipinski definition) is 4. The summed E-state index contributed by atoms with van der Waals surface area (Å²) in [7, 11) is 0. The molecule has 0 aliphatic heterocycles. The van der Waals surface area contributed by atoms with Gasteiger partial charge in [0.05, 0.1) is 12.5 Å². The van der Waals surface area contributed by atoms with Crippen LogP contribution in [0.2, 0.25) is 0 Å². The van der Waals surface area contributed by atoms with E-state index in [0.29, 0.717) is 18.2 Å². The first kappa shape index (κ1) is 11.9. The molecule has 2 rings (SSSR count). The highest BCUT2D eigenvalue weighted by Gasteiger charge is 2.32. The lowest BCUT2D eigenvalue weighted by atomic mass is 10.2. The van der Waals surface area contributed by atoms with Gasteiger partial charge < -0.3 is 9.47 Å². The first-order valence-corrected chi connectivity index (χ1v) is 6.08. The van der Waals surface area contributed by atoms with Crippen LogP contribution in [0.15, 0.2) is 12.3 Å². The summed E-state index contributed by atoms with van der Waals surface area (Å²) in [4.78, 5) is 15.8. The molecule has 1 aromatic rings. The zero-order chi connectivity index (χ0) is 12.3. The molecular weight excluding hydrogens is 218 g/mol. The lowest BCUT2D eigenvalue weighted by Gasteiger charge is -2.10. The van der Waals surface area contributed by atoms with Crippen molar-refractivity contribution in [3.05, 3.63) is 17.8 Å². The maximum atomic E-state index is 11.6. The fourth-order valence-electron chi connectivity index (χ4n) is 1.49. The van der Waals surface area contributed by atoms with Gasteiger partial charge in [-0.2, -0.15) is 0 Å². The maximum Gasteiger partial charge on any atom is 0.314 e. The van der Waals surface area contributed by atoms with Crippen molar-refractivity contribution in [2.75, 3.05) is 6.61 Å². The van der Waals surface area contributed by atoms with Gasteiger partial charge in [-0.1, -0.05) is 6.92 Å². The van der Waals surface area contributed by atoms with Crippen LogP contribution in [-0.4, -0.2) is 17.6 Å². The van der Waals surface area contributed by atoms with Crippen LogP contribution in [0.4, 0.5) is 0 Å². The summed E-state index contributed by atoms with van der Waals surface area (Å²) in [6.07, 6.45) is 4.47. The SMILES string of the molecule is CCOc1ncc(CC)cc1OC(=O)C1CC1. The van der Waals surface area contributed by atoms with Gasteiger partial charge in [0.25, 0.3) is 5.88 Å². The standard InChI is InChI=1S/C13H17NO3/c1-3-9-7-11(12(14-8-9)16-4-2)17-13(15)10-5-6-10/h7-8,10H,3-6H2,1-2H3. The normalized spacial score (nSPS) is 14.5. The molecule has 0 radical (unpaired) electrons. The molecule has 1 heterocycles. The highest BCUT2D eigenvalue weighted by atomic mass is 16.6. The number of hydrogen-bond donors (Lipinski definition) is 0. The lowest BCUT2D eigenvalue weighted by Crippen LogP contribution is -2.11.